The molecule has 18 heavy (non-hydrogen) atoms. The number of fused-ring (bicyclic) bond motifs is 1. The minimum Gasteiger partial charge on any atom is -0.508 e. The summed E-state index contributed by atoms with van der Waals surface area (Å²) in [6, 6.07) is 8.06. The van der Waals surface area contributed by atoms with Gasteiger partial charge in [-0.25, -0.2) is 0 Å². The summed E-state index contributed by atoms with van der Waals surface area (Å²) in [5, 5.41) is 13.0. The van der Waals surface area contributed by atoms with Crippen molar-refractivity contribution in [2.24, 2.45) is 0 Å². The van der Waals surface area contributed by atoms with Gasteiger partial charge in [-0.05, 0) is 54.7 Å². The van der Waals surface area contributed by atoms with E-state index in [1.54, 1.807) is 6.07 Å². The van der Waals surface area contributed by atoms with Gasteiger partial charge in [-0.3, -0.25) is 4.98 Å². The predicted molar refractivity (Wildman–Crippen MR) is 71.8 cm³/mol. The van der Waals surface area contributed by atoms with Crippen molar-refractivity contribution >= 4 is 5.69 Å². The molecule has 1 atom stereocenters. The number of phenols is 1. The van der Waals surface area contributed by atoms with Crippen molar-refractivity contribution in [3.05, 3.63) is 53.3 Å². The molecule has 0 saturated carbocycles. The Labute approximate surface area is 107 Å². The van der Waals surface area contributed by atoms with Crippen LogP contribution in [0.25, 0.3) is 0 Å². The molecule has 1 aliphatic carbocycles. The Bertz CT molecular complexity index is 580. The van der Waals surface area contributed by atoms with E-state index in [-0.39, 0.29) is 0 Å². The van der Waals surface area contributed by atoms with Gasteiger partial charge in [0.15, 0.2) is 0 Å². The molecular weight excluding hydrogens is 224 g/mol. The summed E-state index contributed by atoms with van der Waals surface area (Å²) in [4.78, 5) is 4.19. The van der Waals surface area contributed by atoms with Crippen LogP contribution in [-0.2, 0) is 6.42 Å². The summed E-state index contributed by atoms with van der Waals surface area (Å²) in [6.45, 7) is 2.04. The highest BCUT2D eigenvalue weighted by molar-refractivity contribution is 5.49. The van der Waals surface area contributed by atoms with Gasteiger partial charge in [0, 0.05) is 12.4 Å². The molecule has 3 nitrogen and oxygen atoms in total. The molecule has 0 bridgehead atoms. The number of phenolic OH excluding ortho intramolecular Hbond substituents is 1. The van der Waals surface area contributed by atoms with Crippen LogP contribution in [0.1, 0.15) is 29.2 Å². The van der Waals surface area contributed by atoms with Gasteiger partial charge in [0.1, 0.15) is 5.75 Å². The first-order valence-corrected chi connectivity index (χ1v) is 6.22. The highest BCUT2D eigenvalue weighted by atomic mass is 16.3. The average molecular weight is 240 g/mol. The molecule has 2 N–H and O–H groups in total. The molecule has 0 spiro atoms. The summed E-state index contributed by atoms with van der Waals surface area (Å²) in [5.74, 6) is 0.353. The van der Waals surface area contributed by atoms with Crippen molar-refractivity contribution in [2.45, 2.75) is 25.8 Å². The number of hydrogen-bond donors (Lipinski definition) is 2. The maximum Gasteiger partial charge on any atom is 0.115 e. The normalized spacial score (nSPS) is 17.5. The lowest BCUT2D eigenvalue weighted by atomic mass is 10.1. The molecule has 0 radical (unpaired) electrons. The zero-order valence-electron chi connectivity index (χ0n) is 10.4. The zero-order valence-corrected chi connectivity index (χ0v) is 10.4. The molecule has 0 fully saturated rings. The molecule has 1 aliphatic rings. The van der Waals surface area contributed by atoms with Crippen molar-refractivity contribution in [1.82, 2.24) is 4.98 Å². The van der Waals surface area contributed by atoms with Crippen molar-refractivity contribution in [3.63, 3.8) is 0 Å². The van der Waals surface area contributed by atoms with Gasteiger partial charge in [-0.1, -0.05) is 6.07 Å². The molecule has 1 aromatic heterocycles. The number of pyridine rings is 1. The SMILES string of the molecule is Cc1cncc(NC2CCc3cc(O)ccc32)c1. The number of aromatic nitrogens is 1. The minimum atomic E-state index is 0.323. The molecule has 1 aromatic carbocycles. The first kappa shape index (κ1) is 11.1. The highest BCUT2D eigenvalue weighted by Gasteiger charge is 2.22. The van der Waals surface area contributed by atoms with Crippen molar-refractivity contribution in [1.29, 1.82) is 0 Å². The van der Waals surface area contributed by atoms with Crippen LogP contribution < -0.4 is 5.32 Å². The van der Waals surface area contributed by atoms with Crippen LogP contribution in [0.15, 0.2) is 36.7 Å². The first-order chi connectivity index (χ1) is 8.72. The molecule has 1 unspecified atom stereocenters. The van der Waals surface area contributed by atoms with E-state index in [9.17, 15) is 5.11 Å². The predicted octanol–water partition coefficient (Wildman–Crippen LogP) is 3.20. The second kappa shape index (κ2) is 4.33. The number of benzene rings is 1. The Morgan fingerprint density at radius 3 is 3.00 bits per heavy atom. The van der Waals surface area contributed by atoms with Crippen molar-refractivity contribution in [3.8, 4) is 5.75 Å². The summed E-state index contributed by atoms with van der Waals surface area (Å²) < 4.78 is 0. The molecule has 2 aromatic rings. The smallest absolute Gasteiger partial charge is 0.115 e. The van der Waals surface area contributed by atoms with Crippen LogP contribution >= 0.6 is 0 Å². The van der Waals surface area contributed by atoms with E-state index in [1.165, 1.54) is 11.1 Å². The molecule has 92 valence electrons. The number of nitrogens with zero attached hydrogens (tertiary/aromatic N) is 1. The third-order valence-corrected chi connectivity index (χ3v) is 3.42. The van der Waals surface area contributed by atoms with E-state index in [0.29, 0.717) is 11.8 Å². The molecule has 0 amide bonds. The average Bonchev–Trinajstić information content (AvgIpc) is 2.72. The Kier molecular flexibility index (Phi) is 2.67. The lowest BCUT2D eigenvalue weighted by molar-refractivity contribution is 0.474. The zero-order chi connectivity index (χ0) is 12.5. The number of aryl methyl sites for hydroxylation is 2. The summed E-state index contributed by atoms with van der Waals surface area (Å²) in [6.07, 6.45) is 5.78. The Balaban J connectivity index is 1.85. The molecule has 3 rings (SSSR count). The van der Waals surface area contributed by atoms with Gasteiger partial charge in [0.25, 0.3) is 0 Å². The van der Waals surface area contributed by atoms with Gasteiger partial charge in [-0.15, -0.1) is 0 Å². The molecule has 3 heteroatoms. The van der Waals surface area contributed by atoms with Crippen molar-refractivity contribution < 1.29 is 5.11 Å². The van der Waals surface area contributed by atoms with E-state index < -0.39 is 0 Å². The molecule has 1 heterocycles. The number of anilines is 1. The maximum atomic E-state index is 9.48. The number of hydrogen-bond acceptors (Lipinski definition) is 3. The van der Waals surface area contributed by atoms with Gasteiger partial charge in [0.05, 0.1) is 11.7 Å². The lowest BCUT2D eigenvalue weighted by Crippen LogP contribution is -2.07. The highest BCUT2D eigenvalue weighted by Crippen LogP contribution is 2.35. The topological polar surface area (TPSA) is 45.2 Å². The van der Waals surface area contributed by atoms with E-state index in [2.05, 4.69) is 16.4 Å². The van der Waals surface area contributed by atoms with Crippen LogP contribution in [0.4, 0.5) is 5.69 Å². The Morgan fingerprint density at radius 1 is 1.28 bits per heavy atom. The fraction of sp³-hybridized carbons (Fsp3) is 0.267. The van der Waals surface area contributed by atoms with E-state index in [1.807, 2.05) is 31.5 Å². The van der Waals surface area contributed by atoms with Gasteiger partial charge in [0.2, 0.25) is 0 Å². The number of nitrogens with one attached hydrogen (secondary N) is 1. The van der Waals surface area contributed by atoms with Crippen LogP contribution in [0.5, 0.6) is 5.75 Å². The number of aromatic hydroxyl groups is 1. The second-order valence-electron chi connectivity index (χ2n) is 4.87. The minimum absolute atomic E-state index is 0.323. The first-order valence-electron chi connectivity index (χ1n) is 6.22. The van der Waals surface area contributed by atoms with Gasteiger partial charge >= 0.3 is 0 Å². The Hall–Kier alpha value is -2.03. The van der Waals surface area contributed by atoms with Crippen molar-refractivity contribution in [2.75, 3.05) is 5.32 Å². The monoisotopic (exact) mass is 240 g/mol. The molecule has 0 aliphatic heterocycles. The fourth-order valence-electron chi connectivity index (χ4n) is 2.59. The quantitative estimate of drug-likeness (QED) is 0.847. The summed E-state index contributed by atoms with van der Waals surface area (Å²) in [5.41, 5.74) is 4.74. The van der Waals surface area contributed by atoms with Crippen LogP contribution in [0.3, 0.4) is 0 Å². The summed E-state index contributed by atoms with van der Waals surface area (Å²) in [7, 11) is 0. The van der Waals surface area contributed by atoms with Crippen LogP contribution in [-0.4, -0.2) is 10.1 Å². The van der Waals surface area contributed by atoms with E-state index >= 15 is 0 Å². The molecule has 0 saturated heterocycles. The van der Waals surface area contributed by atoms with E-state index in [4.69, 9.17) is 0 Å². The fourth-order valence-corrected chi connectivity index (χ4v) is 2.59. The number of rotatable bonds is 2. The summed E-state index contributed by atoms with van der Waals surface area (Å²) >= 11 is 0. The standard InChI is InChI=1S/C15H16N2O/c1-10-6-12(9-16-8-10)17-15-5-2-11-7-13(18)3-4-14(11)15/h3-4,6-9,15,17-18H,2,5H2,1H3. The van der Waals surface area contributed by atoms with E-state index in [0.717, 1.165) is 24.1 Å². The third kappa shape index (κ3) is 2.04. The third-order valence-electron chi connectivity index (χ3n) is 3.42. The maximum absolute atomic E-state index is 9.48. The van der Waals surface area contributed by atoms with Crippen LogP contribution in [0, 0.1) is 6.92 Å². The van der Waals surface area contributed by atoms with Gasteiger partial charge < -0.3 is 10.4 Å². The Morgan fingerprint density at radius 2 is 2.17 bits per heavy atom. The van der Waals surface area contributed by atoms with Gasteiger partial charge in [-0.2, -0.15) is 0 Å². The largest absolute Gasteiger partial charge is 0.508 e. The molecular formula is C15H16N2O. The second-order valence-corrected chi connectivity index (χ2v) is 4.87. The lowest BCUT2D eigenvalue weighted by Gasteiger charge is -2.15. The van der Waals surface area contributed by atoms with Crippen LogP contribution in [0.2, 0.25) is 0 Å².